The largest absolute Gasteiger partial charge is 0.382 e. The first-order valence-electron chi connectivity index (χ1n) is 5.12. The second kappa shape index (κ2) is 6.30. The lowest BCUT2D eigenvalue weighted by Gasteiger charge is -2.12. The Morgan fingerprint density at radius 2 is 2.20 bits per heavy atom. The molecule has 0 unspecified atom stereocenters. The summed E-state index contributed by atoms with van der Waals surface area (Å²) in [5, 5.41) is 2.82. The molecule has 0 spiro atoms. The Hall–Kier alpha value is -0.320. The van der Waals surface area contributed by atoms with Crippen molar-refractivity contribution in [1.82, 2.24) is 5.32 Å². The summed E-state index contributed by atoms with van der Waals surface area (Å²) in [7, 11) is 1.60. The summed E-state index contributed by atoms with van der Waals surface area (Å²) in [5.74, 6) is 0.542. The molecule has 88 valence electrons. The van der Waals surface area contributed by atoms with Gasteiger partial charge in [-0.2, -0.15) is 0 Å². The summed E-state index contributed by atoms with van der Waals surface area (Å²) in [6.07, 6.45) is 2.22. The molecule has 0 atom stereocenters. The first-order valence-corrected chi connectivity index (χ1v) is 5.65. The first-order chi connectivity index (χ1) is 7.22. The van der Waals surface area contributed by atoms with Gasteiger partial charge in [-0.3, -0.25) is 4.79 Å². The van der Waals surface area contributed by atoms with E-state index in [1.165, 1.54) is 0 Å². The Morgan fingerprint density at radius 1 is 1.47 bits per heavy atom. The van der Waals surface area contributed by atoms with Crippen molar-refractivity contribution >= 4 is 17.5 Å². The van der Waals surface area contributed by atoms with Crippen LogP contribution in [0.25, 0.3) is 0 Å². The Labute approximate surface area is 95.3 Å². The van der Waals surface area contributed by atoms with Crippen LogP contribution in [0.2, 0.25) is 0 Å². The number of carbonyl (C=O) groups excluding carboxylic acids is 1. The molecule has 0 aliphatic heterocycles. The number of nitrogens with one attached hydrogen (secondary N) is 1. The minimum absolute atomic E-state index is 0.0810. The quantitative estimate of drug-likeness (QED) is 0.500. The second-order valence-corrected chi connectivity index (χ2v) is 4.22. The van der Waals surface area contributed by atoms with E-state index in [4.69, 9.17) is 21.1 Å². The summed E-state index contributed by atoms with van der Waals surface area (Å²) in [4.78, 5) is 11.3. The molecule has 4 nitrogen and oxygen atoms in total. The van der Waals surface area contributed by atoms with E-state index in [9.17, 15) is 4.79 Å². The number of amides is 1. The fraction of sp³-hybridized carbons (Fsp3) is 0.900. The van der Waals surface area contributed by atoms with Gasteiger partial charge in [-0.05, 0) is 12.8 Å². The third kappa shape index (κ3) is 4.82. The molecular formula is C10H18ClNO3. The number of halogens is 1. The molecule has 1 saturated carbocycles. The molecule has 0 aromatic rings. The summed E-state index contributed by atoms with van der Waals surface area (Å²) >= 11 is 5.79. The van der Waals surface area contributed by atoms with E-state index in [0.29, 0.717) is 25.6 Å². The van der Waals surface area contributed by atoms with Crippen LogP contribution in [0.5, 0.6) is 0 Å². The van der Waals surface area contributed by atoms with Crippen LogP contribution in [0.3, 0.4) is 0 Å². The Kier molecular flexibility index (Phi) is 5.36. The van der Waals surface area contributed by atoms with E-state index in [1.54, 1.807) is 7.11 Å². The summed E-state index contributed by atoms with van der Waals surface area (Å²) in [6, 6.07) is 0. The molecule has 0 aromatic heterocycles. The number of methoxy groups -OCH3 is 1. The highest BCUT2D eigenvalue weighted by Crippen LogP contribution is 2.45. The highest BCUT2D eigenvalue weighted by molar-refractivity contribution is 6.18. The van der Waals surface area contributed by atoms with Crippen molar-refractivity contribution in [2.45, 2.75) is 12.8 Å². The molecule has 5 heteroatoms. The second-order valence-electron chi connectivity index (χ2n) is 3.96. The number of hydrogen-bond acceptors (Lipinski definition) is 3. The monoisotopic (exact) mass is 235 g/mol. The van der Waals surface area contributed by atoms with Crippen molar-refractivity contribution in [2.24, 2.45) is 5.41 Å². The molecular weight excluding hydrogens is 218 g/mol. The maximum absolute atomic E-state index is 11.3. The Balaban J connectivity index is 1.99. The maximum atomic E-state index is 11.3. The zero-order valence-electron chi connectivity index (χ0n) is 9.05. The van der Waals surface area contributed by atoms with Crippen LogP contribution in [0.4, 0.5) is 0 Å². The molecule has 0 saturated heterocycles. The van der Waals surface area contributed by atoms with Crippen LogP contribution in [-0.4, -0.2) is 45.3 Å². The Morgan fingerprint density at radius 3 is 2.73 bits per heavy atom. The lowest BCUT2D eigenvalue weighted by molar-refractivity contribution is -0.126. The van der Waals surface area contributed by atoms with E-state index < -0.39 is 0 Å². The number of hydrogen-bond donors (Lipinski definition) is 1. The fourth-order valence-electron chi connectivity index (χ4n) is 1.18. The molecule has 1 N–H and O–H groups in total. The molecule has 1 amide bonds. The predicted octanol–water partition coefficient (Wildman–Crippen LogP) is 0.785. The summed E-state index contributed by atoms with van der Waals surface area (Å²) in [5.41, 5.74) is 0.170. The molecule has 0 bridgehead atoms. The van der Waals surface area contributed by atoms with Gasteiger partial charge < -0.3 is 14.8 Å². The van der Waals surface area contributed by atoms with Gasteiger partial charge in [0, 0.05) is 24.9 Å². The van der Waals surface area contributed by atoms with Crippen molar-refractivity contribution < 1.29 is 14.3 Å². The van der Waals surface area contributed by atoms with Gasteiger partial charge in [0.05, 0.1) is 13.2 Å². The average Bonchev–Trinajstić information content (AvgIpc) is 3.02. The average molecular weight is 236 g/mol. The molecule has 0 heterocycles. The molecule has 0 radical (unpaired) electrons. The SMILES string of the molecule is COCCOCC(=O)NCC1(CCl)CC1. The van der Waals surface area contributed by atoms with Crippen molar-refractivity contribution in [3.8, 4) is 0 Å². The summed E-state index contributed by atoms with van der Waals surface area (Å²) < 4.78 is 9.88. The fourth-order valence-corrected chi connectivity index (χ4v) is 1.54. The van der Waals surface area contributed by atoms with Crippen LogP contribution in [-0.2, 0) is 14.3 Å². The number of ether oxygens (including phenoxy) is 2. The van der Waals surface area contributed by atoms with E-state index in [2.05, 4.69) is 5.32 Å². The zero-order valence-corrected chi connectivity index (χ0v) is 9.81. The van der Waals surface area contributed by atoms with Crippen LogP contribution in [0.15, 0.2) is 0 Å². The predicted molar refractivity (Wildman–Crippen MR) is 58.1 cm³/mol. The third-order valence-electron chi connectivity index (χ3n) is 2.57. The maximum Gasteiger partial charge on any atom is 0.246 e. The van der Waals surface area contributed by atoms with Gasteiger partial charge in [0.25, 0.3) is 0 Å². The Bertz CT molecular complexity index is 207. The van der Waals surface area contributed by atoms with Crippen LogP contribution in [0.1, 0.15) is 12.8 Å². The molecule has 15 heavy (non-hydrogen) atoms. The van der Waals surface area contributed by atoms with Crippen LogP contribution < -0.4 is 5.32 Å². The number of carbonyl (C=O) groups is 1. The lowest BCUT2D eigenvalue weighted by Crippen LogP contribution is -2.33. The molecule has 1 aliphatic carbocycles. The number of alkyl halides is 1. The third-order valence-corrected chi connectivity index (χ3v) is 3.13. The standard InChI is InChI=1S/C10H18ClNO3/c1-14-4-5-15-6-9(13)12-8-10(7-11)2-3-10/h2-8H2,1H3,(H,12,13). The highest BCUT2D eigenvalue weighted by Gasteiger charge is 2.41. The summed E-state index contributed by atoms with van der Waals surface area (Å²) in [6.45, 7) is 1.73. The van der Waals surface area contributed by atoms with Gasteiger partial charge >= 0.3 is 0 Å². The molecule has 0 aromatic carbocycles. The normalized spacial score (nSPS) is 17.5. The minimum Gasteiger partial charge on any atom is -0.382 e. The van der Waals surface area contributed by atoms with Crippen molar-refractivity contribution in [3.63, 3.8) is 0 Å². The first kappa shape index (κ1) is 12.7. The van der Waals surface area contributed by atoms with E-state index in [1.807, 2.05) is 0 Å². The van der Waals surface area contributed by atoms with Crippen LogP contribution in [0, 0.1) is 5.41 Å². The van der Waals surface area contributed by atoms with Crippen molar-refractivity contribution in [3.05, 3.63) is 0 Å². The lowest BCUT2D eigenvalue weighted by atomic mass is 10.1. The topological polar surface area (TPSA) is 47.6 Å². The minimum atomic E-state index is -0.0810. The van der Waals surface area contributed by atoms with E-state index in [0.717, 1.165) is 12.8 Å². The van der Waals surface area contributed by atoms with Gasteiger partial charge in [-0.1, -0.05) is 0 Å². The number of rotatable bonds is 8. The van der Waals surface area contributed by atoms with E-state index in [-0.39, 0.29) is 17.9 Å². The highest BCUT2D eigenvalue weighted by atomic mass is 35.5. The van der Waals surface area contributed by atoms with Crippen LogP contribution >= 0.6 is 11.6 Å². The van der Waals surface area contributed by atoms with Gasteiger partial charge in [-0.25, -0.2) is 0 Å². The van der Waals surface area contributed by atoms with Crippen molar-refractivity contribution in [1.29, 1.82) is 0 Å². The molecule has 1 rings (SSSR count). The van der Waals surface area contributed by atoms with Gasteiger partial charge in [0.2, 0.25) is 5.91 Å². The van der Waals surface area contributed by atoms with Crippen molar-refractivity contribution in [2.75, 3.05) is 39.4 Å². The molecule has 1 fully saturated rings. The van der Waals surface area contributed by atoms with Gasteiger partial charge in [0.15, 0.2) is 0 Å². The zero-order chi connectivity index (χ0) is 11.1. The van der Waals surface area contributed by atoms with Gasteiger partial charge in [0.1, 0.15) is 6.61 Å². The molecule has 1 aliphatic rings. The smallest absolute Gasteiger partial charge is 0.246 e. The van der Waals surface area contributed by atoms with E-state index >= 15 is 0 Å². The van der Waals surface area contributed by atoms with Gasteiger partial charge in [-0.15, -0.1) is 11.6 Å².